The van der Waals surface area contributed by atoms with Gasteiger partial charge in [0.2, 0.25) is 0 Å². The predicted octanol–water partition coefficient (Wildman–Crippen LogP) is 2.25. The molecule has 8 heteroatoms. The number of benzene rings is 1. The molecule has 4 heterocycles. The van der Waals surface area contributed by atoms with Gasteiger partial charge in [0.1, 0.15) is 11.7 Å². The number of nitrogens with one attached hydrogen (secondary N) is 1. The molecule has 0 spiro atoms. The molecule has 1 N–H and O–H groups in total. The zero-order valence-corrected chi connectivity index (χ0v) is 17.2. The lowest BCUT2D eigenvalue weighted by Crippen LogP contribution is -2.40. The minimum absolute atomic E-state index is 0.0215. The van der Waals surface area contributed by atoms with Crippen LogP contribution in [0.25, 0.3) is 10.9 Å². The van der Waals surface area contributed by atoms with Crippen molar-refractivity contribution in [2.75, 3.05) is 19.6 Å². The number of likely N-dealkylation sites (tertiary alicyclic amines) is 1. The van der Waals surface area contributed by atoms with Crippen molar-refractivity contribution in [1.82, 2.24) is 19.4 Å². The van der Waals surface area contributed by atoms with Gasteiger partial charge in [-0.15, -0.1) is 0 Å². The first-order valence-corrected chi connectivity index (χ1v) is 10.4. The molecule has 3 aromatic rings. The van der Waals surface area contributed by atoms with Gasteiger partial charge < -0.3 is 19.4 Å². The van der Waals surface area contributed by atoms with Gasteiger partial charge in [-0.2, -0.15) is 0 Å². The van der Waals surface area contributed by atoms with E-state index in [-0.39, 0.29) is 18.0 Å². The maximum Gasteiger partial charge on any atom is 0.261 e. The summed E-state index contributed by atoms with van der Waals surface area (Å²) in [6, 6.07) is 7.76. The van der Waals surface area contributed by atoms with Gasteiger partial charge in [-0.05, 0) is 30.0 Å². The lowest BCUT2D eigenvalue weighted by molar-refractivity contribution is 0.0734. The van der Waals surface area contributed by atoms with Crippen molar-refractivity contribution in [3.05, 3.63) is 69.3 Å². The van der Waals surface area contributed by atoms with Crippen molar-refractivity contribution in [3.8, 4) is 0 Å². The average molecular weight is 422 g/mol. The molecule has 0 radical (unpaired) electrons. The van der Waals surface area contributed by atoms with Crippen LogP contribution in [0.2, 0.25) is 0 Å². The molecule has 2 aromatic heterocycles. The number of hydrogen-bond acceptors (Lipinski definition) is 3. The Morgan fingerprint density at radius 2 is 1.94 bits per heavy atom. The van der Waals surface area contributed by atoms with E-state index in [2.05, 4.69) is 4.98 Å². The van der Waals surface area contributed by atoms with Crippen LogP contribution >= 0.6 is 0 Å². The molecule has 0 bridgehead atoms. The number of carbonyl (C=O) groups is 2. The van der Waals surface area contributed by atoms with E-state index >= 15 is 0 Å². The van der Waals surface area contributed by atoms with Gasteiger partial charge in [-0.1, -0.05) is 18.2 Å². The first-order valence-electron chi connectivity index (χ1n) is 10.4. The van der Waals surface area contributed by atoms with Crippen LogP contribution in [0, 0.1) is 0 Å². The van der Waals surface area contributed by atoms with Crippen molar-refractivity contribution in [1.29, 1.82) is 0 Å². The highest BCUT2D eigenvalue weighted by atomic mass is 19.1. The van der Waals surface area contributed by atoms with Gasteiger partial charge in [-0.3, -0.25) is 14.4 Å². The summed E-state index contributed by atoms with van der Waals surface area (Å²) in [5.74, 6) is -0.506. The first-order chi connectivity index (χ1) is 14.9. The number of pyridine rings is 1. The molecule has 2 aliphatic rings. The van der Waals surface area contributed by atoms with Crippen molar-refractivity contribution >= 4 is 22.7 Å². The predicted molar refractivity (Wildman–Crippen MR) is 114 cm³/mol. The van der Waals surface area contributed by atoms with Crippen LogP contribution in [0.4, 0.5) is 4.39 Å². The molecule has 1 aromatic carbocycles. The normalized spacial score (nSPS) is 18.5. The second kappa shape index (κ2) is 7.37. The Kier molecular flexibility index (Phi) is 4.64. The fourth-order valence-electron chi connectivity index (χ4n) is 4.71. The van der Waals surface area contributed by atoms with Crippen LogP contribution in [-0.4, -0.2) is 57.0 Å². The highest BCUT2D eigenvalue weighted by molar-refractivity contribution is 6.07. The van der Waals surface area contributed by atoms with Crippen molar-refractivity contribution < 1.29 is 14.0 Å². The van der Waals surface area contributed by atoms with Gasteiger partial charge in [-0.25, -0.2) is 4.39 Å². The van der Waals surface area contributed by atoms with Crippen LogP contribution in [0.1, 0.15) is 38.3 Å². The second-order valence-electron chi connectivity index (χ2n) is 8.28. The summed E-state index contributed by atoms with van der Waals surface area (Å²) in [4.78, 5) is 44.5. The average Bonchev–Trinajstić information content (AvgIpc) is 3.36. The summed E-state index contributed by atoms with van der Waals surface area (Å²) >= 11 is 0. The number of amides is 2. The number of halogens is 1. The van der Waals surface area contributed by atoms with E-state index in [1.54, 1.807) is 11.1 Å². The van der Waals surface area contributed by atoms with Crippen LogP contribution in [-0.2, 0) is 20.0 Å². The van der Waals surface area contributed by atoms with E-state index in [9.17, 15) is 18.8 Å². The summed E-state index contributed by atoms with van der Waals surface area (Å²) in [6.07, 6.45) is 3.08. The SMILES string of the molecule is Cn1cc(C(=O)N2CCc3c(c[nH]c(=O)c3C(=O)N3CC[C@@H](F)C3)C2)c2ccccc21. The Bertz CT molecular complexity index is 1260. The van der Waals surface area contributed by atoms with Crippen molar-refractivity contribution in [3.63, 3.8) is 0 Å². The monoisotopic (exact) mass is 422 g/mol. The van der Waals surface area contributed by atoms with Gasteiger partial charge in [0, 0.05) is 50.0 Å². The lowest BCUT2D eigenvalue weighted by atomic mass is 9.95. The number of carbonyl (C=O) groups excluding carboxylic acids is 2. The van der Waals surface area contributed by atoms with Crippen LogP contribution < -0.4 is 5.56 Å². The Labute approximate surface area is 178 Å². The van der Waals surface area contributed by atoms with Gasteiger partial charge in [0.25, 0.3) is 17.4 Å². The number of nitrogens with zero attached hydrogens (tertiary/aromatic N) is 3. The standard InChI is InChI=1S/C23H23FN4O3/c1-26-13-18(17-4-2-3-5-19(17)26)22(30)27-9-7-16-14(11-27)10-25-21(29)20(16)23(31)28-8-6-15(24)12-28/h2-5,10,13,15H,6-9,11-12H2,1H3,(H,25,29)/t15-/m1/s1. The minimum Gasteiger partial charge on any atom is -0.350 e. The zero-order chi connectivity index (χ0) is 21.7. The molecule has 2 amide bonds. The summed E-state index contributed by atoms with van der Waals surface area (Å²) < 4.78 is 15.5. The van der Waals surface area contributed by atoms with E-state index in [4.69, 9.17) is 0 Å². The smallest absolute Gasteiger partial charge is 0.261 e. The van der Waals surface area contributed by atoms with E-state index in [1.807, 2.05) is 42.1 Å². The third-order valence-electron chi connectivity index (χ3n) is 6.33. The Morgan fingerprint density at radius 3 is 2.71 bits per heavy atom. The van der Waals surface area contributed by atoms with E-state index in [1.165, 1.54) is 4.90 Å². The Balaban J connectivity index is 1.45. The maximum atomic E-state index is 13.6. The number of fused-ring (bicyclic) bond motifs is 2. The third-order valence-corrected chi connectivity index (χ3v) is 6.33. The molecular weight excluding hydrogens is 399 g/mol. The number of para-hydroxylation sites is 1. The molecular formula is C23H23FN4O3. The second-order valence-corrected chi connectivity index (χ2v) is 8.28. The fraction of sp³-hybridized carbons (Fsp3) is 0.348. The molecule has 31 heavy (non-hydrogen) atoms. The fourth-order valence-corrected chi connectivity index (χ4v) is 4.71. The number of aromatic amines is 1. The quantitative estimate of drug-likeness (QED) is 0.688. The number of hydrogen-bond donors (Lipinski definition) is 1. The molecule has 2 aliphatic heterocycles. The van der Waals surface area contributed by atoms with Gasteiger partial charge >= 0.3 is 0 Å². The van der Waals surface area contributed by atoms with Crippen molar-refractivity contribution in [2.24, 2.45) is 7.05 Å². The molecule has 5 rings (SSSR count). The lowest BCUT2D eigenvalue weighted by Gasteiger charge is -2.30. The number of aryl methyl sites for hydroxylation is 1. The van der Waals surface area contributed by atoms with Crippen molar-refractivity contribution in [2.45, 2.75) is 25.6 Å². The van der Waals surface area contributed by atoms with Crippen LogP contribution in [0.3, 0.4) is 0 Å². The van der Waals surface area contributed by atoms with E-state index in [0.717, 1.165) is 16.5 Å². The largest absolute Gasteiger partial charge is 0.350 e. The Morgan fingerprint density at radius 1 is 1.13 bits per heavy atom. The van der Waals surface area contributed by atoms with E-state index in [0.29, 0.717) is 43.6 Å². The number of alkyl halides is 1. The zero-order valence-electron chi connectivity index (χ0n) is 17.2. The molecule has 1 atom stereocenters. The van der Waals surface area contributed by atoms with Gasteiger partial charge in [0.05, 0.1) is 12.1 Å². The number of H-pyrrole nitrogens is 1. The highest BCUT2D eigenvalue weighted by Crippen LogP contribution is 2.26. The highest BCUT2D eigenvalue weighted by Gasteiger charge is 2.33. The number of rotatable bonds is 2. The third kappa shape index (κ3) is 3.22. The summed E-state index contributed by atoms with van der Waals surface area (Å²) in [6.45, 7) is 1.05. The summed E-state index contributed by atoms with van der Waals surface area (Å²) in [5.41, 5.74) is 2.66. The molecule has 1 saturated heterocycles. The first kappa shape index (κ1) is 19.5. The Hall–Kier alpha value is -3.42. The molecule has 7 nitrogen and oxygen atoms in total. The molecule has 160 valence electrons. The minimum atomic E-state index is -1.05. The van der Waals surface area contributed by atoms with Crippen LogP contribution in [0.15, 0.2) is 41.5 Å². The maximum absolute atomic E-state index is 13.6. The van der Waals surface area contributed by atoms with E-state index < -0.39 is 17.6 Å². The molecule has 0 aliphatic carbocycles. The molecule has 1 fully saturated rings. The molecule has 0 saturated carbocycles. The molecule has 0 unspecified atom stereocenters. The number of aromatic nitrogens is 2. The van der Waals surface area contributed by atoms with Gasteiger partial charge in [0.15, 0.2) is 0 Å². The topological polar surface area (TPSA) is 78.4 Å². The van der Waals surface area contributed by atoms with Crippen LogP contribution in [0.5, 0.6) is 0 Å². The summed E-state index contributed by atoms with van der Waals surface area (Å²) in [5, 5.41) is 0.896. The summed E-state index contributed by atoms with van der Waals surface area (Å²) in [7, 11) is 1.91.